The molecule has 2 amide bonds. The van der Waals surface area contributed by atoms with Gasteiger partial charge in [-0.25, -0.2) is 4.79 Å². The molecule has 0 spiro atoms. The van der Waals surface area contributed by atoms with Crippen molar-refractivity contribution in [3.63, 3.8) is 0 Å². The standard InChI is InChI=1S/C16H17BrN2O/c1-10-7-8-15(13(17)9-10)19-16(20)18-14-6-4-5-11(2)12(14)3/h4-9H,1-3H3,(H2,18,19,20). The van der Waals surface area contributed by atoms with Crippen molar-refractivity contribution in [2.24, 2.45) is 0 Å². The molecule has 0 radical (unpaired) electrons. The van der Waals surface area contributed by atoms with E-state index in [0.29, 0.717) is 0 Å². The van der Waals surface area contributed by atoms with E-state index in [0.717, 1.165) is 32.5 Å². The summed E-state index contributed by atoms with van der Waals surface area (Å²) in [5.41, 5.74) is 4.94. The monoisotopic (exact) mass is 332 g/mol. The lowest BCUT2D eigenvalue weighted by Gasteiger charge is -2.12. The zero-order valence-corrected chi connectivity index (χ0v) is 13.3. The second-order valence-electron chi connectivity index (χ2n) is 4.81. The van der Waals surface area contributed by atoms with Gasteiger partial charge in [0.1, 0.15) is 0 Å². The third kappa shape index (κ3) is 3.39. The van der Waals surface area contributed by atoms with Gasteiger partial charge in [0.2, 0.25) is 0 Å². The summed E-state index contributed by atoms with van der Waals surface area (Å²) in [4.78, 5) is 12.0. The van der Waals surface area contributed by atoms with Crippen LogP contribution in [0.15, 0.2) is 40.9 Å². The Hall–Kier alpha value is -1.81. The van der Waals surface area contributed by atoms with E-state index in [1.54, 1.807) is 0 Å². The number of benzene rings is 2. The van der Waals surface area contributed by atoms with E-state index in [1.807, 2.05) is 57.2 Å². The third-order valence-corrected chi connectivity index (χ3v) is 3.88. The third-order valence-electron chi connectivity index (χ3n) is 3.23. The maximum absolute atomic E-state index is 12.0. The Labute approximate surface area is 127 Å². The number of aryl methyl sites for hydroxylation is 2. The number of urea groups is 1. The van der Waals surface area contributed by atoms with Crippen LogP contribution in [0.3, 0.4) is 0 Å². The molecule has 0 aliphatic rings. The molecule has 0 fully saturated rings. The van der Waals surface area contributed by atoms with Crippen LogP contribution in [0.4, 0.5) is 16.2 Å². The number of amides is 2. The smallest absolute Gasteiger partial charge is 0.307 e. The normalized spacial score (nSPS) is 10.2. The average molecular weight is 333 g/mol. The Kier molecular flexibility index (Phi) is 4.45. The van der Waals surface area contributed by atoms with Gasteiger partial charge in [-0.1, -0.05) is 18.2 Å². The predicted octanol–water partition coefficient (Wildman–Crippen LogP) is 5.02. The zero-order chi connectivity index (χ0) is 14.7. The van der Waals surface area contributed by atoms with Gasteiger partial charge in [0.15, 0.2) is 0 Å². The molecule has 0 aliphatic carbocycles. The van der Waals surface area contributed by atoms with Crippen molar-refractivity contribution in [2.45, 2.75) is 20.8 Å². The number of rotatable bonds is 2. The van der Waals surface area contributed by atoms with Crippen molar-refractivity contribution >= 4 is 33.3 Å². The van der Waals surface area contributed by atoms with Crippen molar-refractivity contribution in [2.75, 3.05) is 10.6 Å². The molecule has 0 aromatic heterocycles. The summed E-state index contributed by atoms with van der Waals surface area (Å²) in [5, 5.41) is 5.71. The zero-order valence-electron chi connectivity index (χ0n) is 11.8. The van der Waals surface area contributed by atoms with E-state index in [-0.39, 0.29) is 6.03 Å². The Balaban J connectivity index is 2.11. The Morgan fingerprint density at radius 1 is 1.00 bits per heavy atom. The maximum atomic E-state index is 12.0. The van der Waals surface area contributed by atoms with Crippen LogP contribution in [0.25, 0.3) is 0 Å². The molecule has 20 heavy (non-hydrogen) atoms. The van der Waals surface area contributed by atoms with Crippen LogP contribution in [0.1, 0.15) is 16.7 Å². The van der Waals surface area contributed by atoms with E-state index >= 15 is 0 Å². The molecule has 0 saturated carbocycles. The number of halogens is 1. The SMILES string of the molecule is Cc1ccc(NC(=O)Nc2cccc(C)c2C)c(Br)c1. The second kappa shape index (κ2) is 6.09. The van der Waals surface area contributed by atoms with E-state index in [4.69, 9.17) is 0 Å². The first-order chi connectivity index (χ1) is 9.47. The van der Waals surface area contributed by atoms with E-state index in [1.165, 1.54) is 0 Å². The molecular weight excluding hydrogens is 316 g/mol. The molecular formula is C16H17BrN2O. The first kappa shape index (κ1) is 14.6. The minimum Gasteiger partial charge on any atom is -0.307 e. The molecule has 2 N–H and O–H groups in total. The molecule has 3 nitrogen and oxygen atoms in total. The van der Waals surface area contributed by atoms with Crippen molar-refractivity contribution in [3.8, 4) is 0 Å². The molecule has 0 aliphatic heterocycles. The summed E-state index contributed by atoms with van der Waals surface area (Å²) in [7, 11) is 0. The van der Waals surface area contributed by atoms with Gasteiger partial charge in [0.05, 0.1) is 5.69 Å². The molecule has 0 unspecified atom stereocenters. The summed E-state index contributed by atoms with van der Waals surface area (Å²) in [6.45, 7) is 6.02. The first-order valence-electron chi connectivity index (χ1n) is 6.38. The molecule has 0 atom stereocenters. The number of nitrogens with one attached hydrogen (secondary N) is 2. The van der Waals surface area contributed by atoms with Gasteiger partial charge in [0.25, 0.3) is 0 Å². The number of carbonyl (C=O) groups is 1. The van der Waals surface area contributed by atoms with Crippen LogP contribution < -0.4 is 10.6 Å². The van der Waals surface area contributed by atoms with E-state index in [9.17, 15) is 4.79 Å². The van der Waals surface area contributed by atoms with Crippen molar-refractivity contribution in [1.29, 1.82) is 0 Å². The number of hydrogen-bond acceptors (Lipinski definition) is 1. The van der Waals surface area contributed by atoms with Crippen molar-refractivity contribution in [3.05, 3.63) is 57.6 Å². The Morgan fingerprint density at radius 2 is 1.70 bits per heavy atom. The van der Waals surface area contributed by atoms with Crippen molar-refractivity contribution in [1.82, 2.24) is 0 Å². The van der Waals surface area contributed by atoms with Gasteiger partial charge in [-0.05, 0) is 71.6 Å². The molecule has 104 valence electrons. The average Bonchev–Trinajstić information content (AvgIpc) is 2.38. The first-order valence-corrected chi connectivity index (χ1v) is 7.17. The van der Waals surface area contributed by atoms with Gasteiger partial charge < -0.3 is 10.6 Å². The summed E-state index contributed by atoms with van der Waals surface area (Å²) >= 11 is 3.44. The van der Waals surface area contributed by atoms with Gasteiger partial charge in [-0.2, -0.15) is 0 Å². The highest BCUT2D eigenvalue weighted by molar-refractivity contribution is 9.10. The van der Waals surface area contributed by atoms with E-state index in [2.05, 4.69) is 26.6 Å². The summed E-state index contributed by atoms with van der Waals surface area (Å²) in [5.74, 6) is 0. The highest BCUT2D eigenvalue weighted by Crippen LogP contribution is 2.24. The topological polar surface area (TPSA) is 41.1 Å². The fraction of sp³-hybridized carbons (Fsp3) is 0.188. The van der Waals surface area contributed by atoms with Crippen LogP contribution in [0.5, 0.6) is 0 Å². The molecule has 0 heterocycles. The number of hydrogen-bond donors (Lipinski definition) is 2. The van der Waals surface area contributed by atoms with Gasteiger partial charge in [-0.3, -0.25) is 0 Å². The maximum Gasteiger partial charge on any atom is 0.323 e. The minimum absolute atomic E-state index is 0.247. The molecule has 0 bridgehead atoms. The van der Waals surface area contributed by atoms with Crippen LogP contribution in [0.2, 0.25) is 0 Å². The van der Waals surface area contributed by atoms with Crippen LogP contribution in [-0.2, 0) is 0 Å². The summed E-state index contributed by atoms with van der Waals surface area (Å²) in [6.07, 6.45) is 0. The predicted molar refractivity (Wildman–Crippen MR) is 87.4 cm³/mol. The van der Waals surface area contributed by atoms with Gasteiger partial charge in [-0.15, -0.1) is 0 Å². The largest absolute Gasteiger partial charge is 0.323 e. The lowest BCUT2D eigenvalue weighted by atomic mass is 10.1. The molecule has 0 saturated heterocycles. The van der Waals surface area contributed by atoms with Crippen LogP contribution in [0, 0.1) is 20.8 Å². The van der Waals surface area contributed by atoms with Crippen LogP contribution in [-0.4, -0.2) is 6.03 Å². The number of carbonyl (C=O) groups excluding carboxylic acids is 1. The summed E-state index contributed by atoms with van der Waals surface area (Å²) in [6, 6.07) is 11.4. The Bertz CT molecular complexity index is 653. The fourth-order valence-corrected chi connectivity index (χ4v) is 2.48. The van der Waals surface area contributed by atoms with Gasteiger partial charge >= 0.3 is 6.03 Å². The number of anilines is 2. The van der Waals surface area contributed by atoms with E-state index < -0.39 is 0 Å². The molecule has 2 rings (SSSR count). The minimum atomic E-state index is -0.247. The molecule has 2 aromatic carbocycles. The summed E-state index contributed by atoms with van der Waals surface area (Å²) < 4.78 is 0.869. The van der Waals surface area contributed by atoms with Crippen LogP contribution >= 0.6 is 15.9 Å². The highest BCUT2D eigenvalue weighted by atomic mass is 79.9. The second-order valence-corrected chi connectivity index (χ2v) is 5.66. The highest BCUT2D eigenvalue weighted by Gasteiger charge is 2.08. The Morgan fingerprint density at radius 3 is 2.40 bits per heavy atom. The fourth-order valence-electron chi connectivity index (χ4n) is 1.88. The van der Waals surface area contributed by atoms with Gasteiger partial charge in [0, 0.05) is 10.2 Å². The lowest BCUT2D eigenvalue weighted by Crippen LogP contribution is -2.20. The molecule has 2 aromatic rings. The quantitative estimate of drug-likeness (QED) is 0.796. The van der Waals surface area contributed by atoms with Crippen molar-refractivity contribution < 1.29 is 4.79 Å². The lowest BCUT2D eigenvalue weighted by molar-refractivity contribution is 0.262. The molecule has 4 heteroatoms.